The van der Waals surface area contributed by atoms with Crippen LogP contribution in [-0.2, 0) is 4.74 Å². The number of nitrogen functional groups attached to an aromatic ring is 1. The van der Waals surface area contributed by atoms with Crippen LogP contribution >= 0.6 is 11.9 Å². The van der Waals surface area contributed by atoms with Gasteiger partial charge < -0.3 is 10.5 Å². The molecule has 0 saturated heterocycles. The molecular weight excluding hydrogens is 232 g/mol. The summed E-state index contributed by atoms with van der Waals surface area (Å²) < 4.78 is 9.02. The van der Waals surface area contributed by atoms with Gasteiger partial charge in [0.25, 0.3) is 0 Å². The van der Waals surface area contributed by atoms with Crippen molar-refractivity contribution in [1.29, 1.82) is 0 Å². The Hall–Kier alpha value is -0.710. The molecule has 0 unspecified atom stereocenters. The van der Waals surface area contributed by atoms with Gasteiger partial charge in [-0.25, -0.2) is 0 Å². The molecule has 0 aliphatic rings. The Kier molecular flexibility index (Phi) is 5.31. The molecule has 0 aliphatic heterocycles. The van der Waals surface area contributed by atoms with Crippen LogP contribution in [0.2, 0.25) is 0 Å². The number of nitrogens with two attached hydrogens (primary N) is 1. The van der Waals surface area contributed by atoms with Gasteiger partial charge in [0.1, 0.15) is 0 Å². The third-order valence-corrected chi connectivity index (χ3v) is 3.27. The highest BCUT2D eigenvalue weighted by Gasteiger charge is 2.18. The molecule has 3 N–H and O–H groups in total. The van der Waals surface area contributed by atoms with Gasteiger partial charge in [-0.1, -0.05) is 0 Å². The molecule has 0 amide bonds. The van der Waals surface area contributed by atoms with Crippen LogP contribution in [-0.4, -0.2) is 18.2 Å². The van der Waals surface area contributed by atoms with Crippen molar-refractivity contribution in [2.75, 3.05) is 12.3 Å². The minimum Gasteiger partial charge on any atom is -0.399 e. The normalized spacial score (nSPS) is 12.1. The van der Waals surface area contributed by atoms with Crippen LogP contribution in [0.4, 0.5) is 5.69 Å². The van der Waals surface area contributed by atoms with Crippen LogP contribution in [0.5, 0.6) is 0 Å². The van der Waals surface area contributed by atoms with Gasteiger partial charge in [0.2, 0.25) is 0 Å². The van der Waals surface area contributed by atoms with E-state index in [4.69, 9.17) is 10.5 Å². The Morgan fingerprint density at radius 2 is 1.88 bits per heavy atom. The van der Waals surface area contributed by atoms with E-state index in [0.29, 0.717) is 6.61 Å². The Bertz CT molecular complexity index is 336. The van der Waals surface area contributed by atoms with Gasteiger partial charge in [0, 0.05) is 16.1 Å². The van der Waals surface area contributed by atoms with E-state index in [1.54, 1.807) is 11.9 Å². The van der Waals surface area contributed by atoms with Gasteiger partial charge in [-0.15, -0.1) is 0 Å². The second-order valence-electron chi connectivity index (χ2n) is 5.02. The zero-order chi connectivity index (χ0) is 12.9. The number of hydrogen-bond acceptors (Lipinski definition) is 4. The van der Waals surface area contributed by atoms with Gasteiger partial charge >= 0.3 is 0 Å². The molecule has 0 atom stereocenters. The molecule has 4 heteroatoms. The molecule has 1 rings (SSSR count). The lowest BCUT2D eigenvalue weighted by atomic mass is 10.1. The highest BCUT2D eigenvalue weighted by Crippen LogP contribution is 2.20. The summed E-state index contributed by atoms with van der Waals surface area (Å²) in [7, 11) is 0. The van der Waals surface area contributed by atoms with E-state index >= 15 is 0 Å². The van der Waals surface area contributed by atoms with Crippen molar-refractivity contribution in [1.82, 2.24) is 4.72 Å². The number of benzene rings is 1. The number of anilines is 1. The van der Waals surface area contributed by atoms with Crippen LogP contribution in [0.1, 0.15) is 27.7 Å². The predicted octanol–water partition coefficient (Wildman–Crippen LogP) is 3.07. The van der Waals surface area contributed by atoms with Gasteiger partial charge in [0.05, 0.1) is 12.7 Å². The molecule has 0 saturated carbocycles. The monoisotopic (exact) mass is 254 g/mol. The number of nitrogens with one attached hydrogen (secondary N) is 1. The first-order valence-electron chi connectivity index (χ1n) is 5.80. The predicted molar refractivity (Wildman–Crippen MR) is 75.0 cm³/mol. The maximum Gasteiger partial charge on any atom is 0.0654 e. The second kappa shape index (κ2) is 6.28. The molecular formula is C13H22N2OS. The second-order valence-corrected chi connectivity index (χ2v) is 5.90. The lowest BCUT2D eigenvalue weighted by Crippen LogP contribution is -2.40. The molecule has 0 fully saturated rings. The minimum atomic E-state index is -0.0592. The van der Waals surface area contributed by atoms with Gasteiger partial charge in [0.15, 0.2) is 0 Å². The molecule has 1 aromatic rings. The van der Waals surface area contributed by atoms with Gasteiger partial charge in [-0.05, 0) is 63.9 Å². The average molecular weight is 254 g/mol. The van der Waals surface area contributed by atoms with Crippen molar-refractivity contribution in [3.05, 3.63) is 24.3 Å². The number of rotatable bonds is 6. The largest absolute Gasteiger partial charge is 0.399 e. The summed E-state index contributed by atoms with van der Waals surface area (Å²) in [5, 5.41) is 0. The summed E-state index contributed by atoms with van der Waals surface area (Å²) in [6.07, 6.45) is 0.262. The van der Waals surface area contributed by atoms with Crippen molar-refractivity contribution in [3.8, 4) is 0 Å². The molecule has 0 aromatic heterocycles. The molecule has 0 radical (unpaired) electrons. The Morgan fingerprint density at radius 1 is 1.29 bits per heavy atom. The topological polar surface area (TPSA) is 47.3 Å². The molecule has 0 spiro atoms. The lowest BCUT2D eigenvalue weighted by Gasteiger charge is -2.26. The fourth-order valence-electron chi connectivity index (χ4n) is 1.14. The molecule has 0 heterocycles. The molecule has 0 bridgehead atoms. The van der Waals surface area contributed by atoms with Crippen molar-refractivity contribution >= 4 is 17.6 Å². The smallest absolute Gasteiger partial charge is 0.0654 e. The van der Waals surface area contributed by atoms with Crippen molar-refractivity contribution in [2.45, 2.75) is 44.2 Å². The molecule has 0 aliphatic carbocycles. The Morgan fingerprint density at radius 3 is 2.41 bits per heavy atom. The van der Waals surface area contributed by atoms with Crippen molar-refractivity contribution < 1.29 is 4.74 Å². The van der Waals surface area contributed by atoms with E-state index in [0.717, 1.165) is 10.6 Å². The summed E-state index contributed by atoms with van der Waals surface area (Å²) in [6.45, 7) is 9.03. The maximum absolute atomic E-state index is 5.64. The summed E-state index contributed by atoms with van der Waals surface area (Å²) in [4.78, 5) is 1.15. The third kappa shape index (κ3) is 5.96. The summed E-state index contributed by atoms with van der Waals surface area (Å²) in [5.74, 6) is 0. The molecule has 1 aromatic carbocycles. The quantitative estimate of drug-likeness (QED) is 0.605. The molecule has 17 heavy (non-hydrogen) atoms. The first-order valence-corrected chi connectivity index (χ1v) is 6.62. The highest BCUT2D eigenvalue weighted by atomic mass is 32.2. The Balaban J connectivity index is 2.40. The van der Waals surface area contributed by atoms with Crippen LogP contribution < -0.4 is 10.5 Å². The van der Waals surface area contributed by atoms with E-state index in [-0.39, 0.29) is 11.6 Å². The van der Waals surface area contributed by atoms with Crippen molar-refractivity contribution in [3.63, 3.8) is 0 Å². The first-order chi connectivity index (χ1) is 7.89. The summed E-state index contributed by atoms with van der Waals surface area (Å²) in [6, 6.07) is 7.82. The van der Waals surface area contributed by atoms with E-state index in [1.165, 1.54) is 0 Å². The number of hydrogen-bond donors (Lipinski definition) is 2. The Labute approximate surface area is 108 Å². The van der Waals surface area contributed by atoms with Crippen molar-refractivity contribution in [2.24, 2.45) is 0 Å². The standard InChI is InChI=1S/C13H22N2OS/c1-10(2)16-9-13(3,4)15-17-12-7-5-11(14)6-8-12/h5-8,10,15H,9,14H2,1-4H3. The van der Waals surface area contributed by atoms with E-state index in [2.05, 4.69) is 18.6 Å². The maximum atomic E-state index is 5.64. The SMILES string of the molecule is CC(C)OCC(C)(C)NSc1ccc(N)cc1. The third-order valence-electron chi connectivity index (χ3n) is 2.10. The first kappa shape index (κ1) is 14.4. The zero-order valence-corrected chi connectivity index (χ0v) is 11.8. The summed E-state index contributed by atoms with van der Waals surface area (Å²) >= 11 is 1.60. The van der Waals surface area contributed by atoms with Crippen LogP contribution in [0.15, 0.2) is 29.2 Å². The van der Waals surface area contributed by atoms with Gasteiger partial charge in [-0.3, -0.25) is 4.72 Å². The summed E-state index contributed by atoms with van der Waals surface area (Å²) in [5.41, 5.74) is 6.37. The zero-order valence-electron chi connectivity index (χ0n) is 11.0. The lowest BCUT2D eigenvalue weighted by molar-refractivity contribution is 0.0459. The fraction of sp³-hybridized carbons (Fsp3) is 0.538. The van der Waals surface area contributed by atoms with Gasteiger partial charge in [-0.2, -0.15) is 0 Å². The minimum absolute atomic E-state index is 0.0592. The molecule has 96 valence electrons. The van der Waals surface area contributed by atoms with E-state index in [9.17, 15) is 0 Å². The van der Waals surface area contributed by atoms with E-state index < -0.39 is 0 Å². The van der Waals surface area contributed by atoms with Crippen LogP contribution in [0.25, 0.3) is 0 Å². The van der Waals surface area contributed by atoms with Crippen LogP contribution in [0.3, 0.4) is 0 Å². The highest BCUT2D eigenvalue weighted by molar-refractivity contribution is 7.97. The average Bonchev–Trinajstić information content (AvgIpc) is 2.26. The molecule has 3 nitrogen and oxygen atoms in total. The van der Waals surface area contributed by atoms with Crippen LogP contribution in [0, 0.1) is 0 Å². The number of ether oxygens (including phenoxy) is 1. The fourth-order valence-corrected chi connectivity index (χ4v) is 1.86. The van der Waals surface area contributed by atoms with E-state index in [1.807, 2.05) is 38.1 Å².